The molecule has 0 saturated carbocycles. The summed E-state index contributed by atoms with van der Waals surface area (Å²) in [4.78, 5) is 0. The molecule has 2 nitrogen and oxygen atoms in total. The van der Waals surface area contributed by atoms with Crippen LogP contribution in [-0.4, -0.2) is 14.2 Å². The summed E-state index contributed by atoms with van der Waals surface area (Å²) >= 11 is 0. The summed E-state index contributed by atoms with van der Waals surface area (Å²) in [7, 11) is 2.81. The molecular weight excluding hydrogens is 257 g/mol. The molecule has 2 aromatic rings. The van der Waals surface area contributed by atoms with Gasteiger partial charge in [-0.15, -0.1) is 0 Å². The van der Waals surface area contributed by atoms with Crippen LogP contribution in [0.1, 0.15) is 0 Å². The molecule has 0 bridgehead atoms. The van der Waals surface area contributed by atoms with Gasteiger partial charge in [-0.25, -0.2) is 13.2 Å². The van der Waals surface area contributed by atoms with E-state index in [1.807, 2.05) is 0 Å². The second-order valence-corrected chi connectivity index (χ2v) is 3.78. The number of rotatable bonds is 3. The van der Waals surface area contributed by atoms with E-state index in [4.69, 9.17) is 9.47 Å². The van der Waals surface area contributed by atoms with Crippen molar-refractivity contribution in [3.8, 4) is 22.6 Å². The third-order valence-electron chi connectivity index (χ3n) is 2.72. The van der Waals surface area contributed by atoms with Gasteiger partial charge in [-0.2, -0.15) is 0 Å². The molecule has 2 aromatic carbocycles. The standard InChI is InChI=1S/C14H11F3O2/c1-18-8-3-4-9(12(7-8)19-2)13-10(15)5-6-11(16)14(13)17/h3-7H,1-2H3. The Labute approximate surface area is 108 Å². The maximum Gasteiger partial charge on any atom is 0.169 e. The smallest absolute Gasteiger partial charge is 0.169 e. The predicted octanol–water partition coefficient (Wildman–Crippen LogP) is 3.79. The minimum Gasteiger partial charge on any atom is -0.497 e. The molecule has 0 saturated heterocycles. The molecule has 0 radical (unpaired) electrons. The SMILES string of the molecule is COc1ccc(-c2c(F)ccc(F)c2F)c(OC)c1. The maximum atomic E-state index is 13.7. The van der Waals surface area contributed by atoms with E-state index >= 15 is 0 Å². The van der Waals surface area contributed by atoms with E-state index < -0.39 is 23.0 Å². The average molecular weight is 268 g/mol. The van der Waals surface area contributed by atoms with Gasteiger partial charge in [0, 0.05) is 11.6 Å². The van der Waals surface area contributed by atoms with Gasteiger partial charge in [-0.3, -0.25) is 0 Å². The van der Waals surface area contributed by atoms with Crippen LogP contribution in [0.4, 0.5) is 13.2 Å². The van der Waals surface area contributed by atoms with Crippen LogP contribution >= 0.6 is 0 Å². The Bertz CT molecular complexity index is 612. The highest BCUT2D eigenvalue weighted by Crippen LogP contribution is 2.36. The summed E-state index contributed by atoms with van der Waals surface area (Å²) in [6, 6.07) is 6.01. The summed E-state index contributed by atoms with van der Waals surface area (Å²) in [5.41, 5.74) is -0.336. The maximum absolute atomic E-state index is 13.7. The fourth-order valence-corrected chi connectivity index (χ4v) is 1.78. The zero-order valence-electron chi connectivity index (χ0n) is 10.3. The number of hydrogen-bond acceptors (Lipinski definition) is 2. The van der Waals surface area contributed by atoms with Gasteiger partial charge in [0.15, 0.2) is 11.6 Å². The second kappa shape index (κ2) is 5.22. The van der Waals surface area contributed by atoms with Crippen LogP contribution in [0.3, 0.4) is 0 Å². The van der Waals surface area contributed by atoms with Crippen molar-refractivity contribution in [2.45, 2.75) is 0 Å². The molecule has 0 heterocycles. The van der Waals surface area contributed by atoms with E-state index in [0.717, 1.165) is 12.1 Å². The zero-order valence-corrected chi connectivity index (χ0v) is 10.3. The fourth-order valence-electron chi connectivity index (χ4n) is 1.78. The highest BCUT2D eigenvalue weighted by atomic mass is 19.2. The van der Waals surface area contributed by atoms with Crippen molar-refractivity contribution in [1.82, 2.24) is 0 Å². The van der Waals surface area contributed by atoms with E-state index in [-0.39, 0.29) is 11.3 Å². The number of ether oxygens (including phenoxy) is 2. The van der Waals surface area contributed by atoms with Crippen molar-refractivity contribution in [2.24, 2.45) is 0 Å². The molecule has 5 heteroatoms. The molecule has 0 aliphatic carbocycles. The first-order valence-corrected chi connectivity index (χ1v) is 5.44. The Morgan fingerprint density at radius 3 is 2.16 bits per heavy atom. The van der Waals surface area contributed by atoms with Crippen LogP contribution in [-0.2, 0) is 0 Å². The van der Waals surface area contributed by atoms with E-state index in [2.05, 4.69) is 0 Å². The monoisotopic (exact) mass is 268 g/mol. The van der Waals surface area contributed by atoms with E-state index in [1.54, 1.807) is 0 Å². The van der Waals surface area contributed by atoms with Gasteiger partial charge in [0.25, 0.3) is 0 Å². The first-order chi connectivity index (χ1) is 9.08. The van der Waals surface area contributed by atoms with E-state index in [1.165, 1.54) is 32.4 Å². The Balaban J connectivity index is 2.68. The minimum atomic E-state index is -1.25. The van der Waals surface area contributed by atoms with Gasteiger partial charge < -0.3 is 9.47 Å². The van der Waals surface area contributed by atoms with Crippen molar-refractivity contribution < 1.29 is 22.6 Å². The van der Waals surface area contributed by atoms with Crippen molar-refractivity contribution in [2.75, 3.05) is 14.2 Å². The molecule has 0 fully saturated rings. The predicted molar refractivity (Wildman–Crippen MR) is 64.9 cm³/mol. The molecule has 2 rings (SSSR count). The van der Waals surface area contributed by atoms with Crippen molar-refractivity contribution >= 4 is 0 Å². The van der Waals surface area contributed by atoms with Crippen molar-refractivity contribution in [3.05, 3.63) is 47.8 Å². The Kier molecular flexibility index (Phi) is 3.64. The summed E-state index contributed by atoms with van der Waals surface area (Å²) in [5, 5.41) is 0. The number of benzene rings is 2. The molecule has 0 amide bonds. The van der Waals surface area contributed by atoms with E-state index in [0.29, 0.717) is 5.75 Å². The fraction of sp³-hybridized carbons (Fsp3) is 0.143. The number of halogens is 3. The Morgan fingerprint density at radius 2 is 1.53 bits per heavy atom. The highest BCUT2D eigenvalue weighted by molar-refractivity contribution is 5.72. The summed E-state index contributed by atoms with van der Waals surface area (Å²) < 4.78 is 50.7. The van der Waals surface area contributed by atoms with Gasteiger partial charge in [0.1, 0.15) is 17.3 Å². The normalized spacial score (nSPS) is 10.4. The first kappa shape index (κ1) is 13.3. The van der Waals surface area contributed by atoms with Gasteiger partial charge in [-0.05, 0) is 24.3 Å². The van der Waals surface area contributed by atoms with Gasteiger partial charge in [-0.1, -0.05) is 0 Å². The summed E-state index contributed by atoms with van der Waals surface area (Å²) in [6.07, 6.45) is 0. The van der Waals surface area contributed by atoms with Crippen LogP contribution in [0.25, 0.3) is 11.1 Å². The molecule has 0 aliphatic rings. The quantitative estimate of drug-likeness (QED) is 0.788. The molecule has 19 heavy (non-hydrogen) atoms. The lowest BCUT2D eigenvalue weighted by molar-refractivity contribution is 0.395. The third kappa shape index (κ3) is 2.36. The molecule has 0 spiro atoms. The summed E-state index contributed by atoms with van der Waals surface area (Å²) in [6.45, 7) is 0. The van der Waals surface area contributed by atoms with Crippen LogP contribution in [0.15, 0.2) is 30.3 Å². The van der Waals surface area contributed by atoms with Gasteiger partial charge in [0.2, 0.25) is 0 Å². The third-order valence-corrected chi connectivity index (χ3v) is 2.72. The first-order valence-electron chi connectivity index (χ1n) is 5.44. The topological polar surface area (TPSA) is 18.5 Å². The lowest BCUT2D eigenvalue weighted by atomic mass is 10.0. The zero-order chi connectivity index (χ0) is 14.0. The van der Waals surface area contributed by atoms with Crippen LogP contribution in [0.2, 0.25) is 0 Å². The lowest BCUT2D eigenvalue weighted by Crippen LogP contribution is -1.97. The molecular formula is C14H11F3O2. The molecule has 0 aliphatic heterocycles. The molecule has 0 aromatic heterocycles. The lowest BCUT2D eigenvalue weighted by Gasteiger charge is -2.12. The van der Waals surface area contributed by atoms with E-state index in [9.17, 15) is 13.2 Å². The second-order valence-electron chi connectivity index (χ2n) is 3.78. The number of hydrogen-bond donors (Lipinski definition) is 0. The molecule has 0 unspecified atom stereocenters. The van der Waals surface area contributed by atoms with Crippen molar-refractivity contribution in [1.29, 1.82) is 0 Å². The van der Waals surface area contributed by atoms with Crippen LogP contribution in [0.5, 0.6) is 11.5 Å². The van der Waals surface area contributed by atoms with Crippen LogP contribution < -0.4 is 9.47 Å². The Hall–Kier alpha value is -2.17. The molecule has 0 atom stereocenters. The Morgan fingerprint density at radius 1 is 0.842 bits per heavy atom. The minimum absolute atomic E-state index is 0.123. The van der Waals surface area contributed by atoms with Gasteiger partial charge in [0.05, 0.1) is 19.8 Å². The molecule has 0 N–H and O–H groups in total. The van der Waals surface area contributed by atoms with Crippen LogP contribution in [0, 0.1) is 17.5 Å². The van der Waals surface area contributed by atoms with Crippen molar-refractivity contribution in [3.63, 3.8) is 0 Å². The molecule has 100 valence electrons. The highest BCUT2D eigenvalue weighted by Gasteiger charge is 2.19. The largest absolute Gasteiger partial charge is 0.497 e. The number of methoxy groups -OCH3 is 2. The summed E-state index contributed by atoms with van der Waals surface area (Å²) in [5.74, 6) is -2.55. The van der Waals surface area contributed by atoms with Gasteiger partial charge >= 0.3 is 0 Å². The average Bonchev–Trinajstić information content (AvgIpc) is 2.43.